The van der Waals surface area contributed by atoms with Gasteiger partial charge in [-0.05, 0) is 18.6 Å². The van der Waals surface area contributed by atoms with Gasteiger partial charge in [0, 0.05) is 19.2 Å². The largest absolute Gasteiger partial charge is 0.465 e. The first-order chi connectivity index (χ1) is 11.8. The van der Waals surface area contributed by atoms with Crippen LogP contribution in [0.25, 0.3) is 6.08 Å². The summed E-state index contributed by atoms with van der Waals surface area (Å²) in [5.74, 6) is -0.112. The SMILES string of the molecule is CN(C(=O)CN1C(=O)/C(=C/c2ccco2)SC1=S)C1CCS(=O)(=O)C1. The van der Waals surface area contributed by atoms with E-state index in [0.29, 0.717) is 21.4 Å². The monoisotopic (exact) mass is 400 g/mol. The molecule has 3 rings (SSSR count). The Hall–Kier alpha value is -1.65. The molecule has 0 saturated carbocycles. The molecule has 2 aliphatic rings. The van der Waals surface area contributed by atoms with E-state index in [1.54, 1.807) is 25.3 Å². The Morgan fingerprint density at radius 1 is 1.56 bits per heavy atom. The highest BCUT2D eigenvalue weighted by atomic mass is 32.2. The number of hydrogen-bond acceptors (Lipinski definition) is 7. The summed E-state index contributed by atoms with van der Waals surface area (Å²) in [5, 5.41) is 0. The summed E-state index contributed by atoms with van der Waals surface area (Å²) >= 11 is 6.30. The molecule has 0 aromatic carbocycles. The van der Waals surface area contributed by atoms with Crippen LogP contribution in [-0.4, -0.2) is 65.5 Å². The molecule has 0 radical (unpaired) electrons. The van der Waals surface area contributed by atoms with Gasteiger partial charge in [-0.1, -0.05) is 24.0 Å². The molecule has 1 aromatic heterocycles. The van der Waals surface area contributed by atoms with Crippen LogP contribution >= 0.6 is 24.0 Å². The summed E-state index contributed by atoms with van der Waals surface area (Å²) < 4.78 is 28.6. The van der Waals surface area contributed by atoms with Gasteiger partial charge in [0.05, 0.1) is 22.7 Å². The Labute approximate surface area is 154 Å². The lowest BCUT2D eigenvalue weighted by atomic mass is 10.2. The molecule has 134 valence electrons. The maximum Gasteiger partial charge on any atom is 0.266 e. The quantitative estimate of drug-likeness (QED) is 0.553. The summed E-state index contributed by atoms with van der Waals surface area (Å²) in [4.78, 5) is 27.9. The highest BCUT2D eigenvalue weighted by molar-refractivity contribution is 8.26. The second kappa shape index (κ2) is 6.93. The van der Waals surface area contributed by atoms with E-state index in [9.17, 15) is 18.0 Å². The molecule has 10 heteroatoms. The zero-order chi connectivity index (χ0) is 18.2. The van der Waals surface area contributed by atoms with Crippen molar-refractivity contribution < 1.29 is 22.4 Å². The van der Waals surface area contributed by atoms with Crippen molar-refractivity contribution in [3.8, 4) is 0 Å². The fourth-order valence-electron chi connectivity index (χ4n) is 2.67. The predicted molar refractivity (Wildman–Crippen MR) is 98.4 cm³/mol. The Bertz CT molecular complexity index is 845. The van der Waals surface area contributed by atoms with Crippen LogP contribution in [-0.2, 0) is 19.4 Å². The third-order valence-electron chi connectivity index (χ3n) is 4.13. The average Bonchev–Trinajstić information content (AvgIpc) is 3.24. The van der Waals surface area contributed by atoms with E-state index >= 15 is 0 Å². The minimum absolute atomic E-state index is 0.0357. The summed E-state index contributed by atoms with van der Waals surface area (Å²) in [6.45, 7) is -0.201. The molecule has 0 aliphatic carbocycles. The highest BCUT2D eigenvalue weighted by Gasteiger charge is 2.37. The number of thioether (sulfide) groups is 1. The molecule has 0 bridgehead atoms. The number of thiocarbonyl (C=S) groups is 1. The smallest absolute Gasteiger partial charge is 0.266 e. The molecule has 2 aliphatic heterocycles. The van der Waals surface area contributed by atoms with Gasteiger partial charge >= 0.3 is 0 Å². The van der Waals surface area contributed by atoms with Crippen LogP contribution in [0.3, 0.4) is 0 Å². The molecular weight excluding hydrogens is 384 g/mol. The van der Waals surface area contributed by atoms with E-state index in [1.165, 1.54) is 16.1 Å². The lowest BCUT2D eigenvalue weighted by Gasteiger charge is -2.25. The number of amides is 2. The van der Waals surface area contributed by atoms with E-state index in [-0.39, 0.29) is 35.9 Å². The molecule has 2 fully saturated rings. The fraction of sp³-hybridized carbons (Fsp3) is 0.400. The first kappa shape index (κ1) is 18.2. The van der Waals surface area contributed by atoms with Crippen LogP contribution in [0, 0.1) is 0 Å². The first-order valence-electron chi connectivity index (χ1n) is 7.52. The van der Waals surface area contributed by atoms with Crippen molar-refractivity contribution in [2.45, 2.75) is 12.5 Å². The summed E-state index contributed by atoms with van der Waals surface area (Å²) in [6.07, 6.45) is 3.50. The second-order valence-corrected chi connectivity index (χ2v) is 9.75. The van der Waals surface area contributed by atoms with Gasteiger partial charge in [-0.2, -0.15) is 0 Å². The molecule has 2 amide bonds. The van der Waals surface area contributed by atoms with Crippen LogP contribution in [0.15, 0.2) is 27.7 Å². The molecule has 7 nitrogen and oxygen atoms in total. The summed E-state index contributed by atoms with van der Waals surface area (Å²) in [5.41, 5.74) is 0. The van der Waals surface area contributed by atoms with Gasteiger partial charge in [0.2, 0.25) is 5.91 Å². The van der Waals surface area contributed by atoms with Crippen LogP contribution < -0.4 is 0 Å². The Morgan fingerprint density at radius 2 is 2.32 bits per heavy atom. The van der Waals surface area contributed by atoms with Crippen molar-refractivity contribution in [3.05, 3.63) is 29.1 Å². The number of carbonyl (C=O) groups excluding carboxylic acids is 2. The topological polar surface area (TPSA) is 87.9 Å². The molecular formula is C15H16N2O5S3. The molecule has 1 atom stereocenters. The molecule has 1 aromatic rings. The molecule has 2 saturated heterocycles. The number of furan rings is 1. The highest BCUT2D eigenvalue weighted by Crippen LogP contribution is 2.32. The number of likely N-dealkylation sites (N-methyl/N-ethyl adjacent to an activating group) is 1. The zero-order valence-electron chi connectivity index (χ0n) is 13.4. The van der Waals surface area contributed by atoms with E-state index in [2.05, 4.69) is 0 Å². The minimum Gasteiger partial charge on any atom is -0.465 e. The Kier molecular flexibility index (Phi) is 5.03. The average molecular weight is 401 g/mol. The first-order valence-corrected chi connectivity index (χ1v) is 10.6. The van der Waals surface area contributed by atoms with Gasteiger partial charge < -0.3 is 9.32 Å². The van der Waals surface area contributed by atoms with Crippen molar-refractivity contribution in [3.63, 3.8) is 0 Å². The van der Waals surface area contributed by atoms with E-state index in [0.717, 1.165) is 11.8 Å². The van der Waals surface area contributed by atoms with Gasteiger partial charge in [-0.3, -0.25) is 14.5 Å². The van der Waals surface area contributed by atoms with E-state index in [1.807, 2.05) is 0 Å². The number of rotatable bonds is 4. The molecule has 0 N–H and O–H groups in total. The summed E-state index contributed by atoms with van der Waals surface area (Å²) in [6, 6.07) is 3.07. The van der Waals surface area contributed by atoms with Gasteiger partial charge in [0.15, 0.2) is 9.84 Å². The lowest BCUT2D eigenvalue weighted by Crippen LogP contribution is -2.45. The number of hydrogen-bond donors (Lipinski definition) is 0. The van der Waals surface area contributed by atoms with Gasteiger partial charge in [-0.25, -0.2) is 8.42 Å². The predicted octanol–water partition coefficient (Wildman–Crippen LogP) is 1.13. The van der Waals surface area contributed by atoms with E-state index < -0.39 is 9.84 Å². The Morgan fingerprint density at radius 3 is 2.92 bits per heavy atom. The second-order valence-electron chi connectivity index (χ2n) is 5.84. The van der Waals surface area contributed by atoms with E-state index in [4.69, 9.17) is 16.6 Å². The molecule has 3 heterocycles. The van der Waals surface area contributed by atoms with Crippen LogP contribution in [0.1, 0.15) is 12.2 Å². The third-order valence-corrected chi connectivity index (χ3v) is 7.26. The van der Waals surface area contributed by atoms with Crippen LogP contribution in [0.5, 0.6) is 0 Å². The van der Waals surface area contributed by atoms with Crippen molar-refractivity contribution in [2.24, 2.45) is 0 Å². The number of sulfone groups is 1. The van der Waals surface area contributed by atoms with Gasteiger partial charge in [0.1, 0.15) is 16.6 Å². The third kappa shape index (κ3) is 3.96. The van der Waals surface area contributed by atoms with Crippen molar-refractivity contribution >= 4 is 56.0 Å². The van der Waals surface area contributed by atoms with Crippen molar-refractivity contribution in [1.29, 1.82) is 0 Å². The molecule has 0 spiro atoms. The lowest BCUT2D eigenvalue weighted by molar-refractivity contribution is -0.135. The van der Waals surface area contributed by atoms with Crippen molar-refractivity contribution in [1.82, 2.24) is 9.80 Å². The zero-order valence-corrected chi connectivity index (χ0v) is 15.8. The molecule has 1 unspecified atom stereocenters. The number of nitrogens with zero attached hydrogens (tertiary/aromatic N) is 2. The normalized spacial score (nSPS) is 24.3. The van der Waals surface area contributed by atoms with Crippen LogP contribution in [0.2, 0.25) is 0 Å². The standard InChI is InChI=1S/C15H16N2O5S3/c1-16(10-4-6-25(20,21)9-10)13(18)8-17-14(19)12(24-15(17)23)7-11-3-2-5-22-11/h2-3,5,7,10H,4,6,8-9H2,1H3/b12-7-. The fourth-order valence-corrected chi connectivity index (χ4v) is 5.68. The summed E-state index contributed by atoms with van der Waals surface area (Å²) in [7, 11) is -1.52. The maximum atomic E-state index is 12.5. The number of carbonyl (C=O) groups is 2. The van der Waals surface area contributed by atoms with Gasteiger partial charge in [-0.15, -0.1) is 0 Å². The van der Waals surface area contributed by atoms with Crippen LogP contribution in [0.4, 0.5) is 0 Å². The Balaban J connectivity index is 1.67. The maximum absolute atomic E-state index is 12.5. The molecule has 25 heavy (non-hydrogen) atoms. The van der Waals surface area contributed by atoms with Crippen molar-refractivity contribution in [2.75, 3.05) is 25.1 Å². The minimum atomic E-state index is -3.08. The van der Waals surface area contributed by atoms with Gasteiger partial charge in [0.25, 0.3) is 5.91 Å².